The van der Waals surface area contributed by atoms with Crippen LogP contribution in [0.4, 0.5) is 5.69 Å². The smallest absolute Gasteiger partial charge is 0.278 e. The number of anilines is 1. The van der Waals surface area contributed by atoms with Crippen LogP contribution < -0.4 is 19.5 Å². The van der Waals surface area contributed by atoms with E-state index in [2.05, 4.69) is 5.32 Å². The average molecular weight is 396 g/mol. The molecule has 152 valence electrons. The van der Waals surface area contributed by atoms with Crippen molar-refractivity contribution in [2.45, 2.75) is 19.9 Å². The summed E-state index contributed by atoms with van der Waals surface area (Å²) in [4.78, 5) is 27.4. The molecule has 0 radical (unpaired) electrons. The lowest BCUT2D eigenvalue weighted by molar-refractivity contribution is -0.138. The summed E-state index contributed by atoms with van der Waals surface area (Å²) in [7, 11) is 4.66. The van der Waals surface area contributed by atoms with Crippen LogP contribution in [0.25, 0.3) is 5.57 Å². The summed E-state index contributed by atoms with van der Waals surface area (Å²) in [6.45, 7) is 3.61. The molecule has 0 spiro atoms. The van der Waals surface area contributed by atoms with Gasteiger partial charge in [-0.3, -0.25) is 14.5 Å². The van der Waals surface area contributed by atoms with Gasteiger partial charge in [-0.2, -0.15) is 0 Å². The molecule has 0 saturated heterocycles. The molecule has 1 aliphatic rings. The van der Waals surface area contributed by atoms with Gasteiger partial charge in [-0.05, 0) is 43.7 Å². The Kier molecular flexibility index (Phi) is 5.77. The molecule has 0 atom stereocenters. The molecule has 3 rings (SSSR count). The van der Waals surface area contributed by atoms with Gasteiger partial charge in [0.05, 0.1) is 32.6 Å². The van der Waals surface area contributed by atoms with Crippen LogP contribution in [0.15, 0.2) is 48.2 Å². The minimum absolute atomic E-state index is 0.206. The van der Waals surface area contributed by atoms with Gasteiger partial charge in [-0.25, -0.2) is 0 Å². The summed E-state index contributed by atoms with van der Waals surface area (Å²) in [5.41, 5.74) is 1.70. The molecule has 0 fully saturated rings. The zero-order chi connectivity index (χ0) is 21.1. The van der Waals surface area contributed by atoms with Crippen LogP contribution in [0, 0.1) is 0 Å². The van der Waals surface area contributed by atoms with Crippen molar-refractivity contribution < 1.29 is 23.8 Å². The van der Waals surface area contributed by atoms with E-state index in [1.165, 1.54) is 12.0 Å². The summed E-state index contributed by atoms with van der Waals surface area (Å²) >= 11 is 0. The monoisotopic (exact) mass is 396 g/mol. The maximum absolute atomic E-state index is 13.1. The van der Waals surface area contributed by atoms with Crippen molar-refractivity contribution in [2.75, 3.05) is 26.6 Å². The molecule has 2 amide bonds. The zero-order valence-corrected chi connectivity index (χ0v) is 17.1. The van der Waals surface area contributed by atoms with E-state index < -0.39 is 0 Å². The zero-order valence-electron chi connectivity index (χ0n) is 17.1. The number of rotatable bonds is 7. The molecular weight excluding hydrogens is 372 g/mol. The third-order valence-electron chi connectivity index (χ3n) is 4.68. The molecule has 0 saturated carbocycles. The number of hydrogen-bond acceptors (Lipinski definition) is 6. The molecule has 7 heteroatoms. The molecule has 29 heavy (non-hydrogen) atoms. The Bertz CT molecular complexity index is 964. The van der Waals surface area contributed by atoms with E-state index in [1.807, 2.05) is 0 Å². The first-order valence-corrected chi connectivity index (χ1v) is 9.16. The van der Waals surface area contributed by atoms with Gasteiger partial charge in [0.1, 0.15) is 22.9 Å². The lowest BCUT2D eigenvalue weighted by Crippen LogP contribution is -2.38. The van der Waals surface area contributed by atoms with Crippen molar-refractivity contribution in [3.05, 3.63) is 53.7 Å². The Morgan fingerprint density at radius 2 is 1.45 bits per heavy atom. The van der Waals surface area contributed by atoms with Crippen molar-refractivity contribution in [1.82, 2.24) is 4.90 Å². The maximum atomic E-state index is 13.1. The van der Waals surface area contributed by atoms with Crippen molar-refractivity contribution in [3.8, 4) is 17.2 Å². The molecule has 2 aromatic rings. The number of ether oxygens (including phenoxy) is 3. The molecule has 2 aromatic carbocycles. The van der Waals surface area contributed by atoms with Crippen LogP contribution in [0.1, 0.15) is 19.4 Å². The molecule has 1 aliphatic heterocycles. The van der Waals surface area contributed by atoms with Crippen LogP contribution >= 0.6 is 0 Å². The molecule has 1 heterocycles. The molecule has 1 N–H and O–H groups in total. The molecule has 0 aromatic heterocycles. The van der Waals surface area contributed by atoms with E-state index in [4.69, 9.17) is 14.2 Å². The van der Waals surface area contributed by atoms with E-state index in [1.54, 1.807) is 70.5 Å². The summed E-state index contributed by atoms with van der Waals surface area (Å²) in [6, 6.07) is 11.9. The molecule has 0 aliphatic carbocycles. The Hall–Kier alpha value is -3.48. The molecule has 0 bridgehead atoms. The fourth-order valence-electron chi connectivity index (χ4n) is 3.19. The van der Waals surface area contributed by atoms with Gasteiger partial charge in [0.2, 0.25) is 0 Å². The molecular formula is C22H24N2O5. The van der Waals surface area contributed by atoms with Gasteiger partial charge in [-0.1, -0.05) is 12.1 Å². The number of methoxy groups -OCH3 is 3. The summed E-state index contributed by atoms with van der Waals surface area (Å²) < 4.78 is 15.8. The topological polar surface area (TPSA) is 77.1 Å². The fraction of sp³-hybridized carbons (Fsp3) is 0.273. The quantitative estimate of drug-likeness (QED) is 0.724. The third-order valence-corrected chi connectivity index (χ3v) is 4.68. The minimum Gasteiger partial charge on any atom is -0.497 e. The van der Waals surface area contributed by atoms with Gasteiger partial charge >= 0.3 is 0 Å². The lowest BCUT2D eigenvalue weighted by atomic mass is 10.0. The summed E-state index contributed by atoms with van der Waals surface area (Å²) in [5, 5.41) is 3.11. The van der Waals surface area contributed by atoms with Gasteiger partial charge < -0.3 is 19.5 Å². The highest BCUT2D eigenvalue weighted by molar-refractivity contribution is 6.36. The second-order valence-electron chi connectivity index (χ2n) is 6.74. The first kappa shape index (κ1) is 20.3. The Balaban J connectivity index is 2.10. The van der Waals surface area contributed by atoms with Gasteiger partial charge in [-0.15, -0.1) is 0 Å². The number of nitrogens with zero attached hydrogens (tertiary/aromatic N) is 1. The highest BCUT2D eigenvalue weighted by atomic mass is 16.5. The Morgan fingerprint density at radius 3 is 2.00 bits per heavy atom. The lowest BCUT2D eigenvalue weighted by Gasteiger charge is -2.19. The normalized spacial score (nSPS) is 13.9. The minimum atomic E-state index is -0.381. The van der Waals surface area contributed by atoms with Crippen LogP contribution in [0.5, 0.6) is 17.2 Å². The average Bonchev–Trinajstić information content (AvgIpc) is 2.97. The Morgan fingerprint density at radius 1 is 0.828 bits per heavy atom. The van der Waals surface area contributed by atoms with Gasteiger partial charge in [0.15, 0.2) is 0 Å². The van der Waals surface area contributed by atoms with Crippen molar-refractivity contribution in [2.24, 2.45) is 0 Å². The Labute approximate surface area is 169 Å². The summed E-state index contributed by atoms with van der Waals surface area (Å²) in [6.07, 6.45) is 0. The number of benzene rings is 2. The van der Waals surface area contributed by atoms with Crippen LogP contribution in [-0.2, 0) is 9.59 Å². The second-order valence-corrected chi connectivity index (χ2v) is 6.74. The predicted octanol–water partition coefficient (Wildman–Crippen LogP) is 3.31. The first-order valence-electron chi connectivity index (χ1n) is 9.16. The summed E-state index contributed by atoms with van der Waals surface area (Å²) in [5.74, 6) is 1.06. The molecule has 0 unspecified atom stereocenters. The number of amides is 2. The van der Waals surface area contributed by atoms with E-state index in [0.29, 0.717) is 34.1 Å². The van der Waals surface area contributed by atoms with E-state index >= 15 is 0 Å². The SMILES string of the molecule is COc1ccc(C2=C(Nc3ccc(OC)cc3OC)C(=O)N(C(C)C)C2=O)cc1. The number of carbonyl (C=O) groups excluding carboxylic acids is 2. The molecule has 7 nitrogen and oxygen atoms in total. The van der Waals surface area contributed by atoms with Crippen molar-refractivity contribution in [3.63, 3.8) is 0 Å². The highest BCUT2D eigenvalue weighted by Gasteiger charge is 2.40. The second kappa shape index (κ2) is 8.26. The number of nitrogens with one attached hydrogen (secondary N) is 1. The van der Waals surface area contributed by atoms with E-state index in [9.17, 15) is 9.59 Å². The van der Waals surface area contributed by atoms with Gasteiger partial charge in [0.25, 0.3) is 11.8 Å². The highest BCUT2D eigenvalue weighted by Crippen LogP contribution is 2.36. The first-order chi connectivity index (χ1) is 13.9. The number of carbonyl (C=O) groups is 2. The predicted molar refractivity (Wildman–Crippen MR) is 110 cm³/mol. The van der Waals surface area contributed by atoms with E-state index in [-0.39, 0.29) is 23.6 Å². The number of imide groups is 1. The van der Waals surface area contributed by atoms with Gasteiger partial charge in [0, 0.05) is 12.1 Å². The standard InChI is InChI=1S/C22H24N2O5/c1-13(2)24-21(25)19(14-6-8-15(27-3)9-7-14)20(22(24)26)23-17-11-10-16(28-4)12-18(17)29-5/h6-13,23H,1-5H3. The van der Waals surface area contributed by atoms with Crippen molar-refractivity contribution >= 4 is 23.1 Å². The third kappa shape index (κ3) is 3.76. The largest absolute Gasteiger partial charge is 0.497 e. The van der Waals surface area contributed by atoms with E-state index in [0.717, 1.165) is 0 Å². The fourth-order valence-corrected chi connectivity index (χ4v) is 3.19. The van der Waals surface area contributed by atoms with Crippen molar-refractivity contribution in [1.29, 1.82) is 0 Å². The van der Waals surface area contributed by atoms with Crippen LogP contribution in [-0.4, -0.2) is 44.1 Å². The number of hydrogen-bond donors (Lipinski definition) is 1. The van der Waals surface area contributed by atoms with Crippen LogP contribution in [0.2, 0.25) is 0 Å². The van der Waals surface area contributed by atoms with Crippen LogP contribution in [0.3, 0.4) is 0 Å². The maximum Gasteiger partial charge on any atom is 0.278 e.